The number of aryl methyl sites for hydroxylation is 1. The van der Waals surface area contributed by atoms with Crippen molar-refractivity contribution in [3.05, 3.63) is 33.3 Å². The van der Waals surface area contributed by atoms with Gasteiger partial charge in [-0.05, 0) is 60.9 Å². The van der Waals surface area contributed by atoms with Crippen molar-refractivity contribution in [3.8, 4) is 0 Å². The number of fused-ring (bicyclic) bond motifs is 1. The molecule has 1 aliphatic rings. The van der Waals surface area contributed by atoms with E-state index in [0.717, 1.165) is 17.9 Å². The molecule has 0 saturated carbocycles. The third-order valence-electron chi connectivity index (χ3n) is 3.55. The van der Waals surface area contributed by atoms with E-state index in [1.54, 1.807) is 0 Å². The van der Waals surface area contributed by atoms with Gasteiger partial charge in [-0.1, -0.05) is 18.5 Å². The Kier molecular flexibility index (Phi) is 3.00. The maximum Gasteiger partial charge on any atom is 0.0591 e. The summed E-state index contributed by atoms with van der Waals surface area (Å²) in [7, 11) is 0. The lowest BCUT2D eigenvalue weighted by molar-refractivity contribution is 0.576. The third-order valence-corrected chi connectivity index (χ3v) is 4.29. The first kappa shape index (κ1) is 11.3. The zero-order valence-corrected chi connectivity index (χ0v) is 10.9. The first-order chi connectivity index (χ1) is 7.02. The van der Waals surface area contributed by atoms with E-state index in [1.807, 2.05) is 0 Å². The zero-order chi connectivity index (χ0) is 11.2. The van der Waals surface area contributed by atoms with Gasteiger partial charge in [-0.2, -0.15) is 0 Å². The highest BCUT2D eigenvalue weighted by atomic mass is 35.5. The summed E-state index contributed by atoms with van der Waals surface area (Å²) in [5, 5.41) is 1.04. The van der Waals surface area contributed by atoms with Crippen molar-refractivity contribution < 1.29 is 0 Å². The Labute approximate surface area is 102 Å². The molecule has 0 N–H and O–H groups in total. The number of hydrogen-bond donors (Lipinski definition) is 0. The van der Waals surface area contributed by atoms with Crippen LogP contribution in [0.4, 0.5) is 0 Å². The molecular formula is C13H16Cl2. The molecule has 0 bridgehead atoms. The topological polar surface area (TPSA) is 0 Å². The molecular weight excluding hydrogens is 227 g/mol. The van der Waals surface area contributed by atoms with Gasteiger partial charge in [-0.3, -0.25) is 0 Å². The quantitative estimate of drug-likeness (QED) is 0.554. The molecule has 15 heavy (non-hydrogen) atoms. The second kappa shape index (κ2) is 3.99. The van der Waals surface area contributed by atoms with Crippen molar-refractivity contribution in [1.82, 2.24) is 0 Å². The van der Waals surface area contributed by atoms with Crippen molar-refractivity contribution >= 4 is 23.2 Å². The van der Waals surface area contributed by atoms with Crippen molar-refractivity contribution in [3.63, 3.8) is 0 Å². The molecule has 0 aliphatic heterocycles. The average Bonchev–Trinajstić information content (AvgIpc) is 2.18. The fourth-order valence-electron chi connectivity index (χ4n) is 2.51. The molecule has 0 nitrogen and oxygen atoms in total. The second-order valence-electron chi connectivity index (χ2n) is 4.57. The Morgan fingerprint density at radius 1 is 1.20 bits per heavy atom. The van der Waals surface area contributed by atoms with E-state index < -0.39 is 0 Å². The summed E-state index contributed by atoms with van der Waals surface area (Å²) < 4.78 is 0. The summed E-state index contributed by atoms with van der Waals surface area (Å²) in [5.41, 5.74) is 5.14. The van der Waals surface area contributed by atoms with E-state index in [9.17, 15) is 0 Å². The maximum absolute atomic E-state index is 6.40. The number of benzene rings is 1. The summed E-state index contributed by atoms with van der Waals surface area (Å²) in [6.07, 6.45) is 2.21. The van der Waals surface area contributed by atoms with Gasteiger partial charge >= 0.3 is 0 Å². The zero-order valence-electron chi connectivity index (χ0n) is 9.40. The van der Waals surface area contributed by atoms with E-state index in [-0.39, 0.29) is 5.38 Å². The van der Waals surface area contributed by atoms with Crippen LogP contribution < -0.4 is 0 Å². The molecule has 1 aliphatic carbocycles. The molecule has 2 rings (SSSR count). The molecule has 1 aromatic rings. The third kappa shape index (κ3) is 1.79. The lowest BCUT2D eigenvalue weighted by Gasteiger charge is -2.29. The van der Waals surface area contributed by atoms with Crippen LogP contribution in [0.1, 0.15) is 53.3 Å². The summed E-state index contributed by atoms with van der Waals surface area (Å²) in [6.45, 7) is 6.49. The normalized spacial score (nSPS) is 25.1. The number of alkyl halides is 1. The van der Waals surface area contributed by atoms with Crippen molar-refractivity contribution in [1.29, 1.82) is 0 Å². The van der Waals surface area contributed by atoms with Crippen molar-refractivity contribution in [2.45, 2.75) is 44.9 Å². The SMILES string of the molecule is Cc1cc(Cl)c2c(c1C)C(Cl)CCC2C. The Bertz CT molecular complexity index is 396. The lowest BCUT2D eigenvalue weighted by atomic mass is 9.80. The summed E-state index contributed by atoms with van der Waals surface area (Å²) in [5.74, 6) is 0.543. The summed E-state index contributed by atoms with van der Waals surface area (Å²) in [6, 6.07) is 2.07. The van der Waals surface area contributed by atoms with E-state index >= 15 is 0 Å². The molecule has 0 heterocycles. The Hall–Kier alpha value is -0.200. The van der Waals surface area contributed by atoms with Crippen LogP contribution in [-0.2, 0) is 0 Å². The minimum Gasteiger partial charge on any atom is -0.118 e. The van der Waals surface area contributed by atoms with Gasteiger partial charge in [-0.15, -0.1) is 11.6 Å². The van der Waals surface area contributed by atoms with Gasteiger partial charge in [0.2, 0.25) is 0 Å². The monoisotopic (exact) mass is 242 g/mol. The highest BCUT2D eigenvalue weighted by molar-refractivity contribution is 6.32. The van der Waals surface area contributed by atoms with Gasteiger partial charge in [0.1, 0.15) is 0 Å². The second-order valence-corrected chi connectivity index (χ2v) is 5.51. The molecule has 2 unspecified atom stereocenters. The lowest BCUT2D eigenvalue weighted by Crippen LogP contribution is -2.12. The molecule has 0 amide bonds. The van der Waals surface area contributed by atoms with Gasteiger partial charge in [0.05, 0.1) is 5.38 Å². The predicted molar refractivity (Wildman–Crippen MR) is 67.2 cm³/mol. The molecule has 2 heteroatoms. The van der Waals surface area contributed by atoms with Crippen LogP contribution in [0.3, 0.4) is 0 Å². The molecule has 1 aromatic carbocycles. The molecule has 0 radical (unpaired) electrons. The largest absolute Gasteiger partial charge is 0.118 e. The first-order valence-electron chi connectivity index (χ1n) is 5.46. The first-order valence-corrected chi connectivity index (χ1v) is 6.27. The molecule has 0 spiro atoms. The summed E-state index contributed by atoms with van der Waals surface area (Å²) >= 11 is 12.7. The number of halogens is 2. The maximum atomic E-state index is 6.40. The predicted octanol–water partition coefficient (Wildman–Crippen LogP) is 5.13. The Balaban J connectivity index is 2.71. The number of rotatable bonds is 0. The van der Waals surface area contributed by atoms with Crippen LogP contribution in [0.25, 0.3) is 0 Å². The van der Waals surface area contributed by atoms with Crippen molar-refractivity contribution in [2.75, 3.05) is 0 Å². The molecule has 82 valence electrons. The highest BCUT2D eigenvalue weighted by Gasteiger charge is 2.27. The smallest absolute Gasteiger partial charge is 0.0591 e. The van der Waals surface area contributed by atoms with Crippen molar-refractivity contribution in [2.24, 2.45) is 0 Å². The van der Waals surface area contributed by atoms with Gasteiger partial charge in [0.25, 0.3) is 0 Å². The van der Waals surface area contributed by atoms with Crippen LogP contribution in [0, 0.1) is 13.8 Å². The Morgan fingerprint density at radius 3 is 2.53 bits per heavy atom. The van der Waals surface area contributed by atoms with Crippen LogP contribution >= 0.6 is 23.2 Å². The molecule has 0 aromatic heterocycles. The Morgan fingerprint density at radius 2 is 1.87 bits per heavy atom. The standard InChI is InChI=1S/C13H16Cl2/c1-7-4-5-10(14)13-9(3)8(2)6-11(15)12(7)13/h6-7,10H,4-5H2,1-3H3. The fourth-order valence-corrected chi connectivity index (χ4v) is 3.37. The van der Waals surface area contributed by atoms with E-state index in [0.29, 0.717) is 5.92 Å². The minimum atomic E-state index is 0.147. The average molecular weight is 243 g/mol. The molecule has 2 atom stereocenters. The van der Waals surface area contributed by atoms with Gasteiger partial charge < -0.3 is 0 Å². The van der Waals surface area contributed by atoms with Gasteiger partial charge in [0, 0.05) is 5.02 Å². The molecule has 0 fully saturated rings. The van der Waals surface area contributed by atoms with Gasteiger partial charge in [0.15, 0.2) is 0 Å². The highest BCUT2D eigenvalue weighted by Crippen LogP contribution is 2.46. The molecule has 0 saturated heterocycles. The summed E-state index contributed by atoms with van der Waals surface area (Å²) in [4.78, 5) is 0. The van der Waals surface area contributed by atoms with Crippen LogP contribution in [0.5, 0.6) is 0 Å². The number of hydrogen-bond acceptors (Lipinski definition) is 0. The van der Waals surface area contributed by atoms with Crippen LogP contribution in [-0.4, -0.2) is 0 Å². The van der Waals surface area contributed by atoms with E-state index in [2.05, 4.69) is 26.8 Å². The van der Waals surface area contributed by atoms with Gasteiger partial charge in [-0.25, -0.2) is 0 Å². The minimum absolute atomic E-state index is 0.147. The van der Waals surface area contributed by atoms with Crippen LogP contribution in [0.2, 0.25) is 5.02 Å². The van der Waals surface area contributed by atoms with E-state index in [1.165, 1.54) is 22.3 Å². The van der Waals surface area contributed by atoms with E-state index in [4.69, 9.17) is 23.2 Å². The fraction of sp³-hybridized carbons (Fsp3) is 0.538. The van der Waals surface area contributed by atoms with Crippen LogP contribution in [0.15, 0.2) is 6.07 Å².